The highest BCUT2D eigenvalue weighted by atomic mass is 35.5. The molecule has 1 aromatic carbocycles. The maximum Gasteiger partial charge on any atom is 0.179 e. The van der Waals surface area contributed by atoms with Gasteiger partial charge in [-0.25, -0.2) is 0 Å². The minimum absolute atomic E-state index is 0.597. The fourth-order valence-corrected chi connectivity index (χ4v) is 2.79. The number of hydrogen-bond acceptors (Lipinski definition) is 3. The summed E-state index contributed by atoms with van der Waals surface area (Å²) in [5.41, 5.74) is 1.17. The molecule has 1 atom stereocenters. The molecule has 4 heteroatoms. The van der Waals surface area contributed by atoms with E-state index in [9.17, 15) is 0 Å². The second-order valence-electron chi connectivity index (χ2n) is 4.69. The third kappa shape index (κ3) is 2.90. The standard InChI is InChI=1S/C14H20ClNO2/c1-17-13-11(5-6-12(15)14(13)18-2)8-10-4-3-7-16-9-10/h5-6,10,16H,3-4,7-9H2,1-2H3. The Bertz CT molecular complexity index is 403. The van der Waals surface area contributed by atoms with Crippen LogP contribution in [-0.2, 0) is 6.42 Å². The van der Waals surface area contributed by atoms with Crippen LogP contribution in [-0.4, -0.2) is 27.3 Å². The smallest absolute Gasteiger partial charge is 0.179 e. The van der Waals surface area contributed by atoms with Crippen molar-refractivity contribution in [2.75, 3.05) is 27.3 Å². The Labute approximate surface area is 113 Å². The topological polar surface area (TPSA) is 30.5 Å². The van der Waals surface area contributed by atoms with Crippen LogP contribution in [0.2, 0.25) is 5.02 Å². The van der Waals surface area contributed by atoms with Gasteiger partial charge in [-0.3, -0.25) is 0 Å². The largest absolute Gasteiger partial charge is 0.493 e. The Balaban J connectivity index is 2.21. The fraction of sp³-hybridized carbons (Fsp3) is 0.571. The first-order valence-corrected chi connectivity index (χ1v) is 6.74. The van der Waals surface area contributed by atoms with Gasteiger partial charge in [-0.1, -0.05) is 17.7 Å². The summed E-state index contributed by atoms with van der Waals surface area (Å²) < 4.78 is 10.8. The molecular weight excluding hydrogens is 250 g/mol. The van der Waals surface area contributed by atoms with Crippen LogP contribution in [0.15, 0.2) is 12.1 Å². The van der Waals surface area contributed by atoms with E-state index in [1.807, 2.05) is 12.1 Å². The van der Waals surface area contributed by atoms with Gasteiger partial charge in [0.2, 0.25) is 0 Å². The van der Waals surface area contributed by atoms with Gasteiger partial charge < -0.3 is 14.8 Å². The molecule has 0 bridgehead atoms. The Morgan fingerprint density at radius 3 is 2.67 bits per heavy atom. The van der Waals surface area contributed by atoms with Crippen LogP contribution in [0.3, 0.4) is 0 Å². The van der Waals surface area contributed by atoms with Crippen molar-refractivity contribution in [3.63, 3.8) is 0 Å². The monoisotopic (exact) mass is 269 g/mol. The number of benzene rings is 1. The van der Waals surface area contributed by atoms with Gasteiger partial charge >= 0.3 is 0 Å². The molecule has 1 unspecified atom stereocenters. The Morgan fingerprint density at radius 1 is 1.28 bits per heavy atom. The average Bonchev–Trinajstić information content (AvgIpc) is 2.41. The summed E-state index contributed by atoms with van der Waals surface area (Å²) in [6, 6.07) is 3.92. The molecule has 0 amide bonds. The molecule has 1 aromatic rings. The van der Waals surface area contributed by atoms with Crippen molar-refractivity contribution in [3.8, 4) is 11.5 Å². The minimum atomic E-state index is 0.597. The maximum atomic E-state index is 6.11. The van der Waals surface area contributed by atoms with Gasteiger partial charge in [0.1, 0.15) is 0 Å². The zero-order valence-electron chi connectivity index (χ0n) is 11.0. The van der Waals surface area contributed by atoms with E-state index in [1.165, 1.54) is 18.4 Å². The fourth-order valence-electron chi connectivity index (χ4n) is 2.56. The van der Waals surface area contributed by atoms with Crippen molar-refractivity contribution in [1.82, 2.24) is 5.32 Å². The molecule has 3 nitrogen and oxygen atoms in total. The third-order valence-corrected chi connectivity index (χ3v) is 3.76. The van der Waals surface area contributed by atoms with Crippen LogP contribution in [0.4, 0.5) is 0 Å². The second-order valence-corrected chi connectivity index (χ2v) is 5.10. The first-order chi connectivity index (χ1) is 8.76. The summed E-state index contributed by atoms with van der Waals surface area (Å²) >= 11 is 6.11. The first kappa shape index (κ1) is 13.5. The van der Waals surface area contributed by atoms with E-state index in [2.05, 4.69) is 5.32 Å². The highest BCUT2D eigenvalue weighted by Crippen LogP contribution is 2.39. The summed E-state index contributed by atoms with van der Waals surface area (Å²) in [5, 5.41) is 4.03. The molecule has 18 heavy (non-hydrogen) atoms. The molecular formula is C14H20ClNO2. The van der Waals surface area contributed by atoms with Gasteiger partial charge in [0.25, 0.3) is 0 Å². The van der Waals surface area contributed by atoms with E-state index >= 15 is 0 Å². The predicted molar refractivity (Wildman–Crippen MR) is 73.9 cm³/mol. The molecule has 2 rings (SSSR count). The van der Waals surface area contributed by atoms with Gasteiger partial charge in [0.15, 0.2) is 11.5 Å². The van der Waals surface area contributed by atoms with E-state index in [1.54, 1.807) is 14.2 Å². The van der Waals surface area contributed by atoms with Gasteiger partial charge in [-0.15, -0.1) is 0 Å². The second kappa shape index (κ2) is 6.30. The number of halogens is 1. The zero-order chi connectivity index (χ0) is 13.0. The summed E-state index contributed by atoms with van der Waals surface area (Å²) in [6.07, 6.45) is 3.52. The van der Waals surface area contributed by atoms with Crippen LogP contribution in [0.25, 0.3) is 0 Å². The third-order valence-electron chi connectivity index (χ3n) is 3.46. The molecule has 1 aliphatic rings. The summed E-state index contributed by atoms with van der Waals surface area (Å²) in [4.78, 5) is 0. The van der Waals surface area contributed by atoms with Gasteiger partial charge in [0, 0.05) is 0 Å². The molecule has 1 aliphatic heterocycles. The number of methoxy groups -OCH3 is 2. The number of nitrogens with one attached hydrogen (secondary N) is 1. The van der Waals surface area contributed by atoms with E-state index < -0.39 is 0 Å². The predicted octanol–water partition coefficient (Wildman–Crippen LogP) is 2.90. The SMILES string of the molecule is COc1c(Cl)ccc(CC2CCCNC2)c1OC. The van der Waals surface area contributed by atoms with Crippen LogP contribution < -0.4 is 14.8 Å². The zero-order valence-corrected chi connectivity index (χ0v) is 11.7. The lowest BCUT2D eigenvalue weighted by Gasteiger charge is -2.24. The maximum absolute atomic E-state index is 6.11. The number of piperidine rings is 1. The molecule has 0 spiro atoms. The van der Waals surface area contributed by atoms with Gasteiger partial charge in [-0.2, -0.15) is 0 Å². The molecule has 1 fully saturated rings. The van der Waals surface area contributed by atoms with Crippen LogP contribution in [0.1, 0.15) is 18.4 Å². The molecule has 0 aliphatic carbocycles. The van der Waals surface area contributed by atoms with Crippen LogP contribution >= 0.6 is 11.6 Å². The van der Waals surface area contributed by atoms with Crippen molar-refractivity contribution in [3.05, 3.63) is 22.7 Å². The Hall–Kier alpha value is -0.930. The van der Waals surface area contributed by atoms with Crippen molar-refractivity contribution in [2.24, 2.45) is 5.92 Å². The first-order valence-electron chi connectivity index (χ1n) is 6.36. The molecule has 1 N–H and O–H groups in total. The Kier molecular flexibility index (Phi) is 4.72. The van der Waals surface area contributed by atoms with Gasteiger partial charge in [0.05, 0.1) is 19.2 Å². The molecule has 100 valence electrons. The molecule has 0 aromatic heterocycles. The van der Waals surface area contributed by atoms with Crippen LogP contribution in [0.5, 0.6) is 11.5 Å². The van der Waals surface area contributed by atoms with E-state index in [4.69, 9.17) is 21.1 Å². The van der Waals surface area contributed by atoms with E-state index in [0.717, 1.165) is 25.3 Å². The lowest BCUT2D eigenvalue weighted by molar-refractivity contribution is 0.340. The van der Waals surface area contributed by atoms with Crippen LogP contribution in [0, 0.1) is 5.92 Å². The highest BCUT2D eigenvalue weighted by molar-refractivity contribution is 6.32. The molecule has 1 heterocycles. The quantitative estimate of drug-likeness (QED) is 0.912. The lowest BCUT2D eigenvalue weighted by Crippen LogP contribution is -2.30. The number of hydrogen-bond donors (Lipinski definition) is 1. The van der Waals surface area contributed by atoms with E-state index in [0.29, 0.717) is 16.7 Å². The number of rotatable bonds is 4. The normalized spacial score (nSPS) is 19.6. The summed E-state index contributed by atoms with van der Waals surface area (Å²) in [5.74, 6) is 2.08. The van der Waals surface area contributed by atoms with Gasteiger partial charge in [-0.05, 0) is 49.9 Å². The molecule has 0 saturated carbocycles. The molecule has 1 saturated heterocycles. The minimum Gasteiger partial charge on any atom is -0.493 e. The summed E-state index contributed by atoms with van der Waals surface area (Å²) in [7, 11) is 3.28. The highest BCUT2D eigenvalue weighted by Gasteiger charge is 2.19. The lowest BCUT2D eigenvalue weighted by atomic mass is 9.92. The van der Waals surface area contributed by atoms with Crippen molar-refractivity contribution < 1.29 is 9.47 Å². The average molecular weight is 270 g/mol. The number of ether oxygens (including phenoxy) is 2. The van der Waals surface area contributed by atoms with Crippen molar-refractivity contribution in [1.29, 1.82) is 0 Å². The summed E-state index contributed by atoms with van der Waals surface area (Å²) in [6.45, 7) is 2.21. The van der Waals surface area contributed by atoms with Crippen molar-refractivity contribution >= 4 is 11.6 Å². The van der Waals surface area contributed by atoms with Crippen molar-refractivity contribution in [2.45, 2.75) is 19.3 Å². The molecule has 0 radical (unpaired) electrons. The Morgan fingerprint density at radius 2 is 2.06 bits per heavy atom. The van der Waals surface area contributed by atoms with E-state index in [-0.39, 0.29) is 0 Å².